The Bertz CT molecular complexity index is 254. The molecule has 0 aromatic heterocycles. The van der Waals surface area contributed by atoms with Crippen LogP contribution in [0.4, 0.5) is 13.2 Å². The van der Waals surface area contributed by atoms with Crippen LogP contribution in [0.3, 0.4) is 0 Å². The van der Waals surface area contributed by atoms with Gasteiger partial charge in [0.25, 0.3) is 0 Å². The summed E-state index contributed by atoms with van der Waals surface area (Å²) < 4.78 is 38.0. The number of nitrogens with one attached hydrogen (secondary N) is 1. The minimum absolute atomic E-state index is 0.101. The van der Waals surface area contributed by atoms with Crippen LogP contribution in [0, 0.1) is 0 Å². The zero-order chi connectivity index (χ0) is 13.8. The number of rotatable bonds is 5. The predicted octanol–water partition coefficient (Wildman–Crippen LogP) is 0.721. The number of alkyl halides is 3. The summed E-state index contributed by atoms with van der Waals surface area (Å²) in [5.41, 5.74) is 5.31. The van der Waals surface area contributed by atoms with Gasteiger partial charge >= 0.3 is 6.18 Å². The third kappa shape index (κ3) is 5.88. The molecule has 0 aliphatic rings. The van der Waals surface area contributed by atoms with Crippen molar-refractivity contribution in [2.75, 3.05) is 13.6 Å². The smallest absolute Gasteiger partial charge is 0.353 e. The van der Waals surface area contributed by atoms with E-state index in [4.69, 9.17) is 5.73 Å². The Morgan fingerprint density at radius 3 is 2.12 bits per heavy atom. The van der Waals surface area contributed by atoms with Gasteiger partial charge in [-0.15, -0.1) is 0 Å². The number of carbonyl (C=O) groups excluding carboxylic acids is 1. The number of amides is 1. The molecule has 0 aromatic rings. The van der Waals surface area contributed by atoms with Crippen LogP contribution in [0.5, 0.6) is 0 Å². The first-order valence-electron chi connectivity index (χ1n) is 5.37. The lowest BCUT2D eigenvalue weighted by molar-refractivity contribution is -0.185. The highest BCUT2D eigenvalue weighted by Gasteiger charge is 2.44. The van der Waals surface area contributed by atoms with E-state index in [1.54, 1.807) is 13.8 Å². The molecule has 0 aromatic carbocycles. The Labute approximate surface area is 99.3 Å². The van der Waals surface area contributed by atoms with Gasteiger partial charge in [0.15, 0.2) is 0 Å². The second-order valence-electron chi connectivity index (χ2n) is 4.48. The van der Waals surface area contributed by atoms with Gasteiger partial charge in [-0.1, -0.05) is 0 Å². The van der Waals surface area contributed by atoms with Crippen molar-refractivity contribution in [3.05, 3.63) is 0 Å². The molecule has 1 amide bonds. The highest BCUT2D eigenvalue weighted by molar-refractivity contribution is 5.78. The molecule has 17 heavy (non-hydrogen) atoms. The Morgan fingerprint density at radius 1 is 1.35 bits per heavy atom. The Hall–Kier alpha value is -0.820. The van der Waals surface area contributed by atoms with Crippen LogP contribution in [0.15, 0.2) is 0 Å². The van der Waals surface area contributed by atoms with Gasteiger partial charge in [0.2, 0.25) is 5.91 Å². The minimum Gasteiger partial charge on any atom is -0.353 e. The van der Waals surface area contributed by atoms with Gasteiger partial charge in [0, 0.05) is 12.1 Å². The van der Waals surface area contributed by atoms with Gasteiger partial charge in [-0.05, 0) is 27.8 Å². The maximum Gasteiger partial charge on any atom is 0.405 e. The second-order valence-corrected chi connectivity index (χ2v) is 4.48. The van der Waals surface area contributed by atoms with Crippen LogP contribution in [-0.2, 0) is 4.79 Å². The van der Waals surface area contributed by atoms with Gasteiger partial charge < -0.3 is 11.1 Å². The third-order valence-corrected chi connectivity index (χ3v) is 2.15. The van der Waals surface area contributed by atoms with E-state index in [1.165, 1.54) is 14.0 Å². The van der Waals surface area contributed by atoms with E-state index in [9.17, 15) is 18.0 Å². The third-order valence-electron chi connectivity index (χ3n) is 2.15. The van der Waals surface area contributed by atoms with E-state index in [2.05, 4.69) is 5.32 Å². The molecule has 0 saturated carbocycles. The number of nitrogens with zero attached hydrogens (tertiary/aromatic N) is 1. The molecule has 0 saturated heterocycles. The first kappa shape index (κ1) is 16.2. The molecule has 0 heterocycles. The van der Waals surface area contributed by atoms with Crippen molar-refractivity contribution in [3.63, 3.8) is 0 Å². The van der Waals surface area contributed by atoms with Crippen molar-refractivity contribution in [1.29, 1.82) is 0 Å². The maximum absolute atomic E-state index is 12.7. The summed E-state index contributed by atoms with van der Waals surface area (Å²) in [6.45, 7) is 4.42. The monoisotopic (exact) mass is 255 g/mol. The minimum atomic E-state index is -4.44. The molecule has 0 spiro atoms. The maximum atomic E-state index is 12.7. The summed E-state index contributed by atoms with van der Waals surface area (Å²) in [5, 5.41) is 2.53. The second kappa shape index (κ2) is 6.20. The number of carbonyl (C=O) groups is 1. The fourth-order valence-electron chi connectivity index (χ4n) is 1.64. The molecule has 7 heteroatoms. The number of hydrogen-bond acceptors (Lipinski definition) is 3. The summed E-state index contributed by atoms with van der Waals surface area (Å²) in [6.07, 6.45) is -4.44. The highest BCUT2D eigenvalue weighted by Crippen LogP contribution is 2.25. The Morgan fingerprint density at radius 2 is 1.82 bits per heavy atom. The van der Waals surface area contributed by atoms with Crippen molar-refractivity contribution < 1.29 is 18.0 Å². The summed E-state index contributed by atoms with van der Waals surface area (Å²) in [7, 11) is 1.24. The van der Waals surface area contributed by atoms with E-state index in [1.807, 2.05) is 0 Å². The van der Waals surface area contributed by atoms with E-state index in [-0.39, 0.29) is 12.6 Å². The van der Waals surface area contributed by atoms with Crippen LogP contribution in [-0.4, -0.2) is 48.7 Å². The molecular weight excluding hydrogens is 235 g/mol. The standard InChI is InChI=1S/C10H20F3N3O/c1-6(2)15-8(17)5-16(4)9(7(3)14)10(11,12)13/h6-7,9H,5,14H2,1-4H3,(H,15,17). The van der Waals surface area contributed by atoms with Gasteiger partial charge in [-0.3, -0.25) is 9.69 Å². The fraction of sp³-hybridized carbons (Fsp3) is 0.900. The van der Waals surface area contributed by atoms with Crippen LogP contribution >= 0.6 is 0 Å². The molecule has 0 rings (SSSR count). The molecule has 4 nitrogen and oxygen atoms in total. The summed E-state index contributed by atoms with van der Waals surface area (Å²) in [5.74, 6) is -0.447. The molecule has 2 unspecified atom stereocenters. The topological polar surface area (TPSA) is 58.4 Å². The first-order chi connectivity index (χ1) is 7.55. The highest BCUT2D eigenvalue weighted by atomic mass is 19.4. The lowest BCUT2D eigenvalue weighted by Crippen LogP contribution is -2.55. The molecule has 102 valence electrons. The summed E-state index contributed by atoms with van der Waals surface area (Å²) in [4.78, 5) is 12.3. The SMILES string of the molecule is CC(C)NC(=O)CN(C)C(C(C)N)C(F)(F)F. The van der Waals surface area contributed by atoms with E-state index in [0.29, 0.717) is 0 Å². The molecule has 0 bridgehead atoms. The first-order valence-corrected chi connectivity index (χ1v) is 5.37. The molecule has 0 fully saturated rings. The van der Waals surface area contributed by atoms with Crippen LogP contribution in [0.1, 0.15) is 20.8 Å². The zero-order valence-corrected chi connectivity index (χ0v) is 10.5. The molecule has 2 atom stereocenters. The summed E-state index contributed by atoms with van der Waals surface area (Å²) >= 11 is 0. The van der Waals surface area contributed by atoms with Crippen LogP contribution in [0.2, 0.25) is 0 Å². The van der Waals surface area contributed by atoms with Crippen LogP contribution in [0.25, 0.3) is 0 Å². The molecular formula is C10H20F3N3O. The largest absolute Gasteiger partial charge is 0.405 e. The van der Waals surface area contributed by atoms with Crippen molar-refractivity contribution in [2.24, 2.45) is 5.73 Å². The van der Waals surface area contributed by atoms with Crippen molar-refractivity contribution in [1.82, 2.24) is 10.2 Å². The van der Waals surface area contributed by atoms with E-state index < -0.39 is 24.2 Å². The number of hydrogen-bond donors (Lipinski definition) is 2. The number of nitrogens with two attached hydrogens (primary N) is 1. The van der Waals surface area contributed by atoms with E-state index in [0.717, 1.165) is 4.90 Å². The van der Waals surface area contributed by atoms with Gasteiger partial charge in [0.1, 0.15) is 6.04 Å². The van der Waals surface area contributed by atoms with Crippen molar-refractivity contribution in [3.8, 4) is 0 Å². The van der Waals surface area contributed by atoms with Gasteiger partial charge in [0.05, 0.1) is 6.54 Å². The molecule has 0 aliphatic carbocycles. The zero-order valence-electron chi connectivity index (χ0n) is 10.5. The Kier molecular flexibility index (Phi) is 5.91. The molecule has 0 aliphatic heterocycles. The fourth-order valence-corrected chi connectivity index (χ4v) is 1.64. The van der Waals surface area contributed by atoms with Gasteiger partial charge in [-0.2, -0.15) is 13.2 Å². The number of likely N-dealkylation sites (N-methyl/N-ethyl adjacent to an activating group) is 1. The quantitative estimate of drug-likeness (QED) is 0.761. The molecule has 0 radical (unpaired) electrons. The van der Waals surface area contributed by atoms with Crippen LogP contribution < -0.4 is 11.1 Å². The lowest BCUT2D eigenvalue weighted by Gasteiger charge is -2.32. The van der Waals surface area contributed by atoms with Crippen molar-refractivity contribution >= 4 is 5.91 Å². The van der Waals surface area contributed by atoms with Gasteiger partial charge in [-0.25, -0.2) is 0 Å². The molecule has 3 N–H and O–H groups in total. The number of halogens is 3. The lowest BCUT2D eigenvalue weighted by atomic mass is 10.1. The average molecular weight is 255 g/mol. The average Bonchev–Trinajstić information content (AvgIpc) is 1.95. The summed E-state index contributed by atoms with van der Waals surface area (Å²) in [6, 6.07) is -3.01. The Balaban J connectivity index is 4.54. The van der Waals surface area contributed by atoms with Crippen molar-refractivity contribution in [2.45, 2.75) is 45.1 Å². The predicted molar refractivity (Wildman–Crippen MR) is 59.4 cm³/mol. The van der Waals surface area contributed by atoms with E-state index >= 15 is 0 Å². The normalized spacial score (nSPS) is 16.1.